The van der Waals surface area contributed by atoms with E-state index in [4.69, 9.17) is 32.8 Å². The van der Waals surface area contributed by atoms with E-state index in [0.29, 0.717) is 30.6 Å². The van der Waals surface area contributed by atoms with Crippen LogP contribution in [0.1, 0.15) is 56.8 Å². The average molecular weight is 720 g/mol. The first kappa shape index (κ1) is 36.8. The minimum absolute atomic E-state index is 0.0779. The summed E-state index contributed by atoms with van der Waals surface area (Å²) in [5, 5.41) is 6.06. The molecule has 1 aliphatic rings. The lowest BCUT2D eigenvalue weighted by molar-refractivity contribution is -0.121. The minimum atomic E-state index is -4.27. The number of likely N-dealkylation sites (tertiary alicyclic amines) is 1. The van der Waals surface area contributed by atoms with Crippen molar-refractivity contribution < 1.29 is 32.4 Å². The number of benzene rings is 3. The molecule has 0 unspecified atom stereocenters. The number of carbonyl (C=O) groups excluding carboxylic acids is 3. The summed E-state index contributed by atoms with van der Waals surface area (Å²) in [5.74, 6) is -0.163. The fourth-order valence-corrected chi connectivity index (χ4v) is 6.62. The summed E-state index contributed by atoms with van der Waals surface area (Å²) in [4.78, 5) is 44.7. The van der Waals surface area contributed by atoms with Gasteiger partial charge in [-0.25, -0.2) is 4.79 Å². The molecule has 1 fully saturated rings. The van der Waals surface area contributed by atoms with Gasteiger partial charge in [0, 0.05) is 43.2 Å². The molecule has 3 amide bonds. The van der Waals surface area contributed by atoms with E-state index in [1.54, 1.807) is 35.2 Å². The van der Waals surface area contributed by atoms with E-state index in [1.165, 1.54) is 42.5 Å². The Balaban J connectivity index is 1.24. The molecule has 1 aliphatic heterocycles. The number of anilines is 1. The number of piperidine rings is 1. The van der Waals surface area contributed by atoms with E-state index >= 15 is 0 Å². The van der Waals surface area contributed by atoms with Crippen LogP contribution in [0.5, 0.6) is 5.75 Å². The molecule has 1 heterocycles. The number of hydrogen-bond donors (Lipinski definition) is 2. The third kappa shape index (κ3) is 10.5. The van der Waals surface area contributed by atoms with Gasteiger partial charge in [0.25, 0.3) is 15.9 Å². The molecule has 258 valence electrons. The number of para-hydroxylation sites is 1. The Hall–Kier alpha value is -4.00. The van der Waals surface area contributed by atoms with Gasteiger partial charge in [-0.3, -0.25) is 9.59 Å². The van der Waals surface area contributed by atoms with E-state index in [0.717, 1.165) is 23.7 Å². The molecule has 0 saturated carbocycles. The highest BCUT2D eigenvalue weighted by atomic mass is 35.5. The second-order valence-corrected chi connectivity index (χ2v) is 14.9. The standard InChI is InChI=1S/C34H40Cl2N4O7S/c1-34(2,3)46-33(43)39-21-17-24(18-22-39)15-19-37-31(41)16-20-38-32(42)25-9-12-28(13-10-25)48(44,45)40(27-7-5-4-6-8-27)47-30-14-11-26(35)23-29(30)36/h4-14,23-24H,15-22H2,1-3H3,(H,37,41)(H,38,42). The lowest BCUT2D eigenvalue weighted by Gasteiger charge is -2.33. The Labute approximate surface area is 291 Å². The van der Waals surface area contributed by atoms with Crippen molar-refractivity contribution in [2.45, 2.75) is 57.0 Å². The van der Waals surface area contributed by atoms with Gasteiger partial charge in [-0.05, 0) is 101 Å². The Morgan fingerprint density at radius 3 is 2.21 bits per heavy atom. The van der Waals surface area contributed by atoms with Crippen molar-refractivity contribution in [1.82, 2.24) is 15.5 Å². The van der Waals surface area contributed by atoms with Crippen LogP contribution in [-0.4, -0.2) is 63.0 Å². The molecular weight excluding hydrogens is 679 g/mol. The van der Waals surface area contributed by atoms with E-state index < -0.39 is 21.5 Å². The maximum Gasteiger partial charge on any atom is 0.410 e. The molecule has 0 atom stereocenters. The maximum absolute atomic E-state index is 13.7. The Morgan fingerprint density at radius 1 is 0.917 bits per heavy atom. The fraction of sp³-hybridized carbons (Fsp3) is 0.382. The minimum Gasteiger partial charge on any atom is -0.444 e. The van der Waals surface area contributed by atoms with Crippen LogP contribution < -0.4 is 19.9 Å². The summed E-state index contributed by atoms with van der Waals surface area (Å²) in [6.07, 6.45) is 2.29. The second kappa shape index (κ2) is 16.4. The molecule has 11 nitrogen and oxygen atoms in total. The van der Waals surface area contributed by atoms with Gasteiger partial charge >= 0.3 is 6.09 Å². The van der Waals surface area contributed by atoms with Crippen LogP contribution in [0.3, 0.4) is 0 Å². The summed E-state index contributed by atoms with van der Waals surface area (Å²) in [7, 11) is -4.27. The Kier molecular flexibility index (Phi) is 12.6. The third-order valence-electron chi connectivity index (χ3n) is 7.45. The van der Waals surface area contributed by atoms with Crippen LogP contribution in [0.15, 0.2) is 77.7 Å². The van der Waals surface area contributed by atoms with E-state index in [2.05, 4.69) is 10.6 Å². The maximum atomic E-state index is 13.7. The van der Waals surface area contributed by atoms with Crippen LogP contribution in [0, 0.1) is 5.92 Å². The zero-order valence-electron chi connectivity index (χ0n) is 27.1. The van der Waals surface area contributed by atoms with Crippen LogP contribution in [0.2, 0.25) is 10.0 Å². The number of carbonyl (C=O) groups is 3. The van der Waals surface area contributed by atoms with Crippen molar-refractivity contribution in [1.29, 1.82) is 0 Å². The molecule has 4 rings (SSSR count). The van der Waals surface area contributed by atoms with Crippen LogP contribution >= 0.6 is 23.2 Å². The third-order valence-corrected chi connectivity index (χ3v) is 9.57. The van der Waals surface area contributed by atoms with Gasteiger partial charge < -0.3 is 25.1 Å². The van der Waals surface area contributed by atoms with Gasteiger partial charge in [-0.15, -0.1) is 0 Å². The quantitative estimate of drug-likeness (QED) is 0.206. The topological polar surface area (TPSA) is 134 Å². The molecule has 3 aromatic carbocycles. The number of rotatable bonds is 12. The summed E-state index contributed by atoms with van der Waals surface area (Å²) < 4.78 is 33.6. The molecule has 2 N–H and O–H groups in total. The van der Waals surface area contributed by atoms with Gasteiger partial charge in [-0.1, -0.05) is 45.9 Å². The molecule has 0 spiro atoms. The normalized spacial score (nSPS) is 13.8. The lowest BCUT2D eigenvalue weighted by Crippen LogP contribution is -2.42. The van der Waals surface area contributed by atoms with Crippen molar-refractivity contribution in [3.8, 4) is 5.75 Å². The second-order valence-electron chi connectivity index (χ2n) is 12.3. The Bertz CT molecular complexity index is 1680. The van der Waals surface area contributed by atoms with Crippen LogP contribution in [0.25, 0.3) is 0 Å². The predicted octanol–water partition coefficient (Wildman–Crippen LogP) is 6.46. The van der Waals surface area contributed by atoms with Gasteiger partial charge in [0.15, 0.2) is 5.75 Å². The molecule has 1 saturated heterocycles. The highest BCUT2D eigenvalue weighted by Gasteiger charge is 2.29. The van der Waals surface area contributed by atoms with E-state index in [9.17, 15) is 22.8 Å². The van der Waals surface area contributed by atoms with Gasteiger partial charge in [0.05, 0.1) is 15.6 Å². The van der Waals surface area contributed by atoms with Crippen molar-refractivity contribution in [3.63, 3.8) is 0 Å². The van der Waals surface area contributed by atoms with Crippen molar-refractivity contribution >= 4 is 56.8 Å². The smallest absolute Gasteiger partial charge is 0.410 e. The molecule has 0 aromatic heterocycles. The molecule has 0 bridgehead atoms. The van der Waals surface area contributed by atoms with Crippen LogP contribution in [-0.2, 0) is 19.6 Å². The van der Waals surface area contributed by atoms with Gasteiger partial charge in [0.1, 0.15) is 5.60 Å². The molecular formula is C34H40Cl2N4O7S. The van der Waals surface area contributed by atoms with Crippen molar-refractivity contribution in [2.24, 2.45) is 5.92 Å². The molecule has 0 radical (unpaired) electrons. The number of amides is 3. The lowest BCUT2D eigenvalue weighted by atomic mass is 9.94. The highest BCUT2D eigenvalue weighted by molar-refractivity contribution is 7.92. The largest absolute Gasteiger partial charge is 0.444 e. The molecule has 0 aliphatic carbocycles. The van der Waals surface area contributed by atoms with Crippen LogP contribution in [0.4, 0.5) is 10.5 Å². The number of hydrogen-bond acceptors (Lipinski definition) is 7. The SMILES string of the molecule is CC(C)(C)OC(=O)N1CCC(CCNC(=O)CCNC(=O)c2ccc(S(=O)(=O)N(Oc3ccc(Cl)cc3Cl)c3ccccc3)cc2)CC1. The number of ether oxygens (including phenoxy) is 1. The van der Waals surface area contributed by atoms with Gasteiger partial charge in [-0.2, -0.15) is 8.42 Å². The molecule has 14 heteroatoms. The first-order valence-electron chi connectivity index (χ1n) is 15.6. The summed E-state index contributed by atoms with van der Waals surface area (Å²) in [6, 6.07) is 18.0. The van der Waals surface area contributed by atoms with Gasteiger partial charge in [0.2, 0.25) is 5.91 Å². The molecule has 48 heavy (non-hydrogen) atoms. The first-order chi connectivity index (χ1) is 22.7. The average Bonchev–Trinajstić information content (AvgIpc) is 3.04. The predicted molar refractivity (Wildman–Crippen MR) is 185 cm³/mol. The zero-order chi connectivity index (χ0) is 34.9. The molecule has 3 aromatic rings. The van der Waals surface area contributed by atoms with Crippen molar-refractivity contribution in [2.75, 3.05) is 30.6 Å². The number of sulfonamides is 1. The first-order valence-corrected chi connectivity index (χ1v) is 17.8. The van der Waals surface area contributed by atoms with Crippen molar-refractivity contribution in [3.05, 3.63) is 88.4 Å². The number of nitrogens with one attached hydrogen (secondary N) is 2. The zero-order valence-corrected chi connectivity index (χ0v) is 29.4. The monoisotopic (exact) mass is 718 g/mol. The number of nitrogens with zero attached hydrogens (tertiary/aromatic N) is 2. The van der Waals surface area contributed by atoms with E-state index in [-0.39, 0.29) is 51.9 Å². The number of halogens is 2. The Morgan fingerprint density at radius 2 is 1.58 bits per heavy atom. The highest BCUT2D eigenvalue weighted by Crippen LogP contribution is 2.32. The summed E-state index contributed by atoms with van der Waals surface area (Å²) in [5.41, 5.74) is -0.0748. The van der Waals surface area contributed by atoms with E-state index in [1.807, 2.05) is 20.8 Å². The summed E-state index contributed by atoms with van der Waals surface area (Å²) in [6.45, 7) is 7.41. The summed E-state index contributed by atoms with van der Waals surface area (Å²) >= 11 is 12.2. The fourth-order valence-electron chi connectivity index (χ4n) is 4.93.